The average Bonchev–Trinajstić information content (AvgIpc) is 2.12. The van der Waals surface area contributed by atoms with E-state index >= 15 is 0 Å². The first kappa shape index (κ1) is 8.56. The van der Waals surface area contributed by atoms with Crippen molar-refractivity contribution in [3.63, 3.8) is 0 Å². The topological polar surface area (TPSA) is 12.9 Å². The van der Waals surface area contributed by atoms with Crippen LogP contribution in [-0.2, 0) is 0 Å². The highest BCUT2D eigenvalue weighted by Gasteiger charge is 2.05. The molecule has 0 radical (unpaired) electrons. The molecule has 4 heteroatoms. The van der Waals surface area contributed by atoms with Gasteiger partial charge < -0.3 is 0 Å². The minimum atomic E-state index is -0.425. The van der Waals surface area contributed by atoms with E-state index < -0.39 is 11.6 Å². The van der Waals surface area contributed by atoms with Crippen molar-refractivity contribution < 1.29 is 8.78 Å². The van der Waals surface area contributed by atoms with E-state index in [1.807, 2.05) is 0 Å². The van der Waals surface area contributed by atoms with Gasteiger partial charge in [-0.2, -0.15) is 0 Å². The summed E-state index contributed by atoms with van der Waals surface area (Å²) in [6, 6.07) is 4.07. The predicted molar refractivity (Wildman–Crippen MR) is 49.4 cm³/mol. The lowest BCUT2D eigenvalue weighted by Crippen LogP contribution is -1.85. The summed E-state index contributed by atoms with van der Waals surface area (Å²) in [6.45, 7) is 0. The molecule has 0 saturated heterocycles. The summed E-state index contributed by atoms with van der Waals surface area (Å²) in [5.41, 5.74) is 0.432. The molecule has 1 heterocycles. The number of hydrogen-bond donors (Lipinski definition) is 0. The number of fused-ring (bicyclic) bond motifs is 1. The highest BCUT2D eigenvalue weighted by molar-refractivity contribution is 9.10. The van der Waals surface area contributed by atoms with Gasteiger partial charge in [0.05, 0.1) is 16.2 Å². The van der Waals surface area contributed by atoms with Gasteiger partial charge in [-0.15, -0.1) is 0 Å². The van der Waals surface area contributed by atoms with Gasteiger partial charge in [-0.05, 0) is 34.1 Å². The number of rotatable bonds is 0. The molecule has 1 aromatic heterocycles. The lowest BCUT2D eigenvalue weighted by atomic mass is 10.2. The van der Waals surface area contributed by atoms with Gasteiger partial charge in [0.15, 0.2) is 0 Å². The van der Waals surface area contributed by atoms with Gasteiger partial charge in [0, 0.05) is 5.39 Å². The maximum atomic E-state index is 13.0. The van der Waals surface area contributed by atoms with Crippen LogP contribution in [0.3, 0.4) is 0 Å². The van der Waals surface area contributed by atoms with E-state index in [-0.39, 0.29) is 4.47 Å². The van der Waals surface area contributed by atoms with Crippen molar-refractivity contribution in [1.82, 2.24) is 4.98 Å². The van der Waals surface area contributed by atoms with Crippen LogP contribution < -0.4 is 0 Å². The van der Waals surface area contributed by atoms with Crippen LogP contribution in [0.15, 0.2) is 28.9 Å². The van der Waals surface area contributed by atoms with Crippen LogP contribution in [0.2, 0.25) is 0 Å². The molecular weight excluding hydrogens is 240 g/mol. The number of nitrogens with zero attached hydrogens (tertiary/aromatic N) is 1. The van der Waals surface area contributed by atoms with Gasteiger partial charge in [0.1, 0.15) is 11.6 Å². The fraction of sp³-hybridized carbons (Fsp3) is 0. The van der Waals surface area contributed by atoms with Crippen molar-refractivity contribution in [2.45, 2.75) is 0 Å². The average molecular weight is 244 g/mol. The first-order valence-corrected chi connectivity index (χ1v) is 4.37. The molecule has 0 fully saturated rings. The number of halogens is 3. The standard InChI is InChI=1S/C9H4BrF2N/c10-8-7(12)2-1-5-3-6(11)4-13-9(5)8/h1-4H. The Labute approximate surface area is 81.5 Å². The first-order valence-electron chi connectivity index (χ1n) is 3.58. The van der Waals surface area contributed by atoms with Gasteiger partial charge in [0.25, 0.3) is 0 Å². The molecule has 13 heavy (non-hydrogen) atoms. The quantitative estimate of drug-likeness (QED) is 0.692. The molecular formula is C9H4BrF2N. The number of aromatic nitrogens is 1. The molecule has 1 nitrogen and oxygen atoms in total. The van der Waals surface area contributed by atoms with Crippen LogP contribution in [0.5, 0.6) is 0 Å². The van der Waals surface area contributed by atoms with Crippen LogP contribution in [-0.4, -0.2) is 4.98 Å². The minimum absolute atomic E-state index is 0.269. The van der Waals surface area contributed by atoms with Gasteiger partial charge in [-0.3, -0.25) is 4.98 Å². The van der Waals surface area contributed by atoms with Crippen molar-refractivity contribution in [2.75, 3.05) is 0 Å². The first-order chi connectivity index (χ1) is 6.18. The second kappa shape index (κ2) is 3.03. The Morgan fingerprint density at radius 3 is 2.77 bits per heavy atom. The molecule has 66 valence electrons. The molecule has 0 saturated carbocycles. The molecule has 1 aromatic carbocycles. The normalized spacial score (nSPS) is 10.7. The summed E-state index contributed by atoms with van der Waals surface area (Å²) in [5, 5.41) is 0.577. The monoisotopic (exact) mass is 243 g/mol. The Hall–Kier alpha value is -1.03. The lowest BCUT2D eigenvalue weighted by molar-refractivity contribution is 0.618. The van der Waals surface area contributed by atoms with E-state index in [1.54, 1.807) is 0 Å². The smallest absolute Gasteiger partial charge is 0.142 e. The molecule has 0 unspecified atom stereocenters. The van der Waals surface area contributed by atoms with Crippen LogP contribution in [0, 0.1) is 11.6 Å². The van der Waals surface area contributed by atoms with Crippen molar-refractivity contribution in [3.8, 4) is 0 Å². The molecule has 0 aliphatic heterocycles. The van der Waals surface area contributed by atoms with Crippen LogP contribution in [0.4, 0.5) is 8.78 Å². The van der Waals surface area contributed by atoms with E-state index in [4.69, 9.17) is 0 Å². The third kappa shape index (κ3) is 1.42. The highest BCUT2D eigenvalue weighted by atomic mass is 79.9. The second-order valence-corrected chi connectivity index (χ2v) is 3.38. The second-order valence-electron chi connectivity index (χ2n) is 2.59. The summed E-state index contributed by atoms with van der Waals surface area (Å²) in [7, 11) is 0. The van der Waals surface area contributed by atoms with E-state index in [9.17, 15) is 8.78 Å². The van der Waals surface area contributed by atoms with E-state index in [1.165, 1.54) is 18.2 Å². The van der Waals surface area contributed by atoms with E-state index in [0.717, 1.165) is 6.20 Å². The minimum Gasteiger partial charge on any atom is -0.252 e. The number of hydrogen-bond acceptors (Lipinski definition) is 1. The molecule has 0 bridgehead atoms. The predicted octanol–water partition coefficient (Wildman–Crippen LogP) is 3.28. The molecule has 0 spiro atoms. The largest absolute Gasteiger partial charge is 0.252 e. The lowest BCUT2D eigenvalue weighted by Gasteiger charge is -2.00. The summed E-state index contributed by atoms with van der Waals surface area (Å²) >= 11 is 3.05. The SMILES string of the molecule is Fc1cnc2c(Br)c(F)ccc2c1. The summed E-state index contributed by atoms with van der Waals surface area (Å²) in [5.74, 6) is -0.822. The molecule has 0 N–H and O–H groups in total. The van der Waals surface area contributed by atoms with Gasteiger partial charge in [-0.1, -0.05) is 0 Å². The molecule has 2 rings (SSSR count). The summed E-state index contributed by atoms with van der Waals surface area (Å²) in [6.07, 6.45) is 1.06. The molecule has 0 amide bonds. The third-order valence-corrected chi connectivity index (χ3v) is 2.46. The molecule has 0 aliphatic carbocycles. The Balaban J connectivity index is 2.87. The Morgan fingerprint density at radius 1 is 1.23 bits per heavy atom. The molecule has 0 aliphatic rings. The third-order valence-electron chi connectivity index (χ3n) is 1.71. The highest BCUT2D eigenvalue weighted by Crippen LogP contribution is 2.24. The van der Waals surface area contributed by atoms with Crippen LogP contribution >= 0.6 is 15.9 Å². The van der Waals surface area contributed by atoms with Crippen LogP contribution in [0.25, 0.3) is 10.9 Å². The maximum Gasteiger partial charge on any atom is 0.142 e. The number of benzene rings is 1. The van der Waals surface area contributed by atoms with Crippen LogP contribution in [0.1, 0.15) is 0 Å². The fourth-order valence-corrected chi connectivity index (χ4v) is 1.58. The van der Waals surface area contributed by atoms with Crippen molar-refractivity contribution in [3.05, 3.63) is 40.5 Å². The Kier molecular flexibility index (Phi) is 2.00. The zero-order valence-corrected chi connectivity index (χ0v) is 7.98. The Bertz CT molecular complexity index is 470. The van der Waals surface area contributed by atoms with Gasteiger partial charge in [0.2, 0.25) is 0 Å². The van der Waals surface area contributed by atoms with Crippen molar-refractivity contribution in [1.29, 1.82) is 0 Å². The van der Waals surface area contributed by atoms with Crippen molar-refractivity contribution >= 4 is 26.8 Å². The van der Waals surface area contributed by atoms with Gasteiger partial charge >= 0.3 is 0 Å². The fourth-order valence-electron chi connectivity index (χ4n) is 1.11. The van der Waals surface area contributed by atoms with Gasteiger partial charge in [-0.25, -0.2) is 8.78 Å². The number of pyridine rings is 1. The van der Waals surface area contributed by atoms with E-state index in [2.05, 4.69) is 20.9 Å². The van der Waals surface area contributed by atoms with E-state index in [0.29, 0.717) is 10.9 Å². The van der Waals surface area contributed by atoms with Crippen molar-refractivity contribution in [2.24, 2.45) is 0 Å². The Morgan fingerprint density at radius 2 is 2.00 bits per heavy atom. The maximum absolute atomic E-state index is 13.0. The summed E-state index contributed by atoms with van der Waals surface area (Å²) in [4.78, 5) is 3.78. The zero-order valence-electron chi connectivity index (χ0n) is 6.39. The molecule has 0 atom stereocenters. The molecule has 2 aromatic rings. The summed E-state index contributed by atoms with van der Waals surface area (Å²) < 4.78 is 25.9. The zero-order chi connectivity index (χ0) is 9.42.